The molecule has 0 bridgehead atoms. The van der Waals surface area contributed by atoms with Crippen LogP contribution in [-0.4, -0.2) is 41.5 Å². The molecule has 1 heterocycles. The average Bonchev–Trinajstić information content (AvgIpc) is 3.22. The van der Waals surface area contributed by atoms with E-state index in [-0.39, 0.29) is 11.9 Å². The van der Waals surface area contributed by atoms with E-state index in [9.17, 15) is 9.59 Å². The van der Waals surface area contributed by atoms with Gasteiger partial charge in [0.05, 0.1) is 12.7 Å². The van der Waals surface area contributed by atoms with Crippen molar-refractivity contribution in [2.45, 2.75) is 46.1 Å². The molecule has 1 N–H and O–H groups in total. The van der Waals surface area contributed by atoms with E-state index in [0.717, 1.165) is 18.5 Å². The highest BCUT2D eigenvalue weighted by atomic mass is 16.5. The van der Waals surface area contributed by atoms with Crippen LogP contribution in [-0.2, 0) is 11.2 Å². The zero-order valence-corrected chi connectivity index (χ0v) is 12.6. The summed E-state index contributed by atoms with van der Waals surface area (Å²) in [6.07, 6.45) is 2.81. The lowest BCUT2D eigenvalue weighted by Gasteiger charge is -2.20. The van der Waals surface area contributed by atoms with Crippen molar-refractivity contribution in [1.82, 2.24) is 9.88 Å². The number of aromatic nitrogens is 1. The molecule has 0 aromatic carbocycles. The zero-order valence-electron chi connectivity index (χ0n) is 12.6. The van der Waals surface area contributed by atoms with Gasteiger partial charge in [0.15, 0.2) is 0 Å². The average molecular weight is 278 g/mol. The van der Waals surface area contributed by atoms with Gasteiger partial charge in [-0.3, -0.25) is 4.79 Å². The van der Waals surface area contributed by atoms with Crippen LogP contribution in [0, 0.1) is 6.92 Å². The molecule has 2 rings (SSSR count). The molecular formula is C15H22N2O3. The molecule has 20 heavy (non-hydrogen) atoms. The van der Waals surface area contributed by atoms with Gasteiger partial charge < -0.3 is 14.6 Å². The number of esters is 1. The Kier molecular flexibility index (Phi) is 4.16. The van der Waals surface area contributed by atoms with E-state index >= 15 is 0 Å². The van der Waals surface area contributed by atoms with Crippen LogP contribution < -0.4 is 0 Å². The van der Waals surface area contributed by atoms with Crippen molar-refractivity contribution in [3.63, 3.8) is 0 Å². The summed E-state index contributed by atoms with van der Waals surface area (Å²) in [7, 11) is 1.36. The first kappa shape index (κ1) is 14.6. The lowest BCUT2D eigenvalue weighted by Crippen LogP contribution is -2.33. The van der Waals surface area contributed by atoms with Gasteiger partial charge >= 0.3 is 5.97 Å². The topological polar surface area (TPSA) is 62.4 Å². The Hall–Kier alpha value is -1.78. The van der Waals surface area contributed by atoms with Crippen LogP contribution >= 0.6 is 0 Å². The number of rotatable bonds is 5. The first-order valence-electron chi connectivity index (χ1n) is 7.15. The number of methoxy groups -OCH3 is 1. The number of aromatic amines is 1. The minimum atomic E-state index is -0.385. The number of amides is 1. The standard InChI is InChI=1S/C15H22N2O3/c1-5-11-12(15(19)20-4)9(3)13(16-11)14(18)17(6-2)10-7-8-10/h10,16H,5-8H2,1-4H3. The molecule has 0 spiro atoms. The summed E-state index contributed by atoms with van der Waals surface area (Å²) in [4.78, 5) is 29.5. The fourth-order valence-electron chi connectivity index (χ4n) is 2.61. The third kappa shape index (κ3) is 2.44. The van der Waals surface area contributed by atoms with Crippen LogP contribution in [0.25, 0.3) is 0 Å². The Bertz CT molecular complexity index is 529. The summed E-state index contributed by atoms with van der Waals surface area (Å²) in [5.74, 6) is -0.401. The summed E-state index contributed by atoms with van der Waals surface area (Å²) in [5, 5.41) is 0. The Morgan fingerprint density at radius 2 is 2.00 bits per heavy atom. The Morgan fingerprint density at radius 3 is 2.45 bits per heavy atom. The second-order valence-corrected chi connectivity index (χ2v) is 5.15. The highest BCUT2D eigenvalue weighted by Gasteiger charge is 2.34. The summed E-state index contributed by atoms with van der Waals surface area (Å²) in [6.45, 7) is 6.42. The Balaban J connectivity index is 2.39. The lowest BCUT2D eigenvalue weighted by molar-refractivity contribution is 0.0599. The van der Waals surface area contributed by atoms with Crippen LogP contribution in [0.5, 0.6) is 0 Å². The van der Waals surface area contributed by atoms with Crippen molar-refractivity contribution >= 4 is 11.9 Å². The van der Waals surface area contributed by atoms with Gasteiger partial charge in [-0.15, -0.1) is 0 Å². The van der Waals surface area contributed by atoms with Gasteiger partial charge in [0, 0.05) is 18.3 Å². The summed E-state index contributed by atoms with van der Waals surface area (Å²) >= 11 is 0. The van der Waals surface area contributed by atoms with Crippen molar-refractivity contribution in [1.29, 1.82) is 0 Å². The number of H-pyrrole nitrogens is 1. The second-order valence-electron chi connectivity index (χ2n) is 5.15. The summed E-state index contributed by atoms with van der Waals surface area (Å²) in [5.41, 5.74) is 2.49. The van der Waals surface area contributed by atoms with E-state index < -0.39 is 0 Å². The predicted molar refractivity (Wildman–Crippen MR) is 76.0 cm³/mol. The van der Waals surface area contributed by atoms with Crippen LogP contribution in [0.4, 0.5) is 0 Å². The Labute approximate surface area is 119 Å². The molecular weight excluding hydrogens is 256 g/mol. The maximum atomic E-state index is 12.6. The molecule has 0 aliphatic heterocycles. The van der Waals surface area contributed by atoms with Crippen molar-refractivity contribution in [3.8, 4) is 0 Å². The molecule has 0 radical (unpaired) electrons. The molecule has 1 aromatic rings. The van der Waals surface area contributed by atoms with Crippen molar-refractivity contribution in [2.75, 3.05) is 13.7 Å². The number of hydrogen-bond donors (Lipinski definition) is 1. The quantitative estimate of drug-likeness (QED) is 0.841. The Morgan fingerprint density at radius 1 is 1.35 bits per heavy atom. The van der Waals surface area contributed by atoms with Crippen molar-refractivity contribution < 1.29 is 14.3 Å². The van der Waals surface area contributed by atoms with E-state index in [1.165, 1.54) is 7.11 Å². The monoisotopic (exact) mass is 278 g/mol. The van der Waals surface area contributed by atoms with Crippen LogP contribution in [0.3, 0.4) is 0 Å². The van der Waals surface area contributed by atoms with E-state index in [0.29, 0.717) is 35.8 Å². The first-order valence-corrected chi connectivity index (χ1v) is 7.15. The molecule has 1 aromatic heterocycles. The highest BCUT2D eigenvalue weighted by Crippen LogP contribution is 2.29. The molecule has 0 atom stereocenters. The first-order chi connectivity index (χ1) is 9.54. The van der Waals surface area contributed by atoms with Gasteiger partial charge in [0.25, 0.3) is 5.91 Å². The molecule has 110 valence electrons. The van der Waals surface area contributed by atoms with Gasteiger partial charge in [-0.25, -0.2) is 4.79 Å². The van der Waals surface area contributed by atoms with Gasteiger partial charge in [0.1, 0.15) is 5.69 Å². The largest absolute Gasteiger partial charge is 0.465 e. The minimum Gasteiger partial charge on any atom is -0.465 e. The molecule has 1 aliphatic carbocycles. The van der Waals surface area contributed by atoms with Gasteiger partial charge in [0.2, 0.25) is 0 Å². The van der Waals surface area contributed by atoms with E-state index in [2.05, 4.69) is 4.98 Å². The van der Waals surface area contributed by atoms with E-state index in [1.807, 2.05) is 18.7 Å². The number of hydrogen-bond acceptors (Lipinski definition) is 3. The second kappa shape index (κ2) is 5.69. The van der Waals surface area contributed by atoms with E-state index in [1.54, 1.807) is 6.92 Å². The van der Waals surface area contributed by atoms with E-state index in [4.69, 9.17) is 4.74 Å². The molecule has 5 nitrogen and oxygen atoms in total. The summed E-state index contributed by atoms with van der Waals surface area (Å²) in [6, 6.07) is 0.363. The molecule has 5 heteroatoms. The summed E-state index contributed by atoms with van der Waals surface area (Å²) < 4.78 is 4.82. The van der Waals surface area contributed by atoms with Crippen molar-refractivity contribution in [3.05, 3.63) is 22.5 Å². The highest BCUT2D eigenvalue weighted by molar-refractivity contribution is 6.00. The van der Waals surface area contributed by atoms with Crippen LogP contribution in [0.1, 0.15) is 58.8 Å². The smallest absolute Gasteiger partial charge is 0.339 e. The number of carbonyl (C=O) groups excluding carboxylic acids is 2. The van der Waals surface area contributed by atoms with Crippen LogP contribution in [0.15, 0.2) is 0 Å². The lowest BCUT2D eigenvalue weighted by atomic mass is 10.1. The molecule has 1 aliphatic rings. The minimum absolute atomic E-state index is 0.0163. The van der Waals surface area contributed by atoms with Crippen molar-refractivity contribution in [2.24, 2.45) is 0 Å². The number of carbonyl (C=O) groups is 2. The number of aryl methyl sites for hydroxylation is 1. The normalized spacial score (nSPS) is 14.2. The predicted octanol–water partition coefficient (Wildman–Crippen LogP) is 2.30. The third-order valence-electron chi connectivity index (χ3n) is 3.87. The molecule has 1 amide bonds. The zero-order chi connectivity index (χ0) is 14.9. The molecule has 1 fully saturated rings. The number of ether oxygens (including phenoxy) is 1. The maximum absolute atomic E-state index is 12.6. The fraction of sp³-hybridized carbons (Fsp3) is 0.600. The van der Waals surface area contributed by atoms with Gasteiger partial charge in [-0.1, -0.05) is 6.92 Å². The molecule has 0 saturated heterocycles. The maximum Gasteiger partial charge on any atom is 0.339 e. The third-order valence-corrected chi connectivity index (χ3v) is 3.87. The number of nitrogens with zero attached hydrogens (tertiary/aromatic N) is 1. The molecule has 1 saturated carbocycles. The SMILES string of the molecule is CCc1[nH]c(C(=O)N(CC)C2CC2)c(C)c1C(=O)OC. The molecule has 0 unspecified atom stereocenters. The van der Waals surface area contributed by atoms with Gasteiger partial charge in [-0.05, 0) is 38.7 Å². The van der Waals surface area contributed by atoms with Crippen LogP contribution in [0.2, 0.25) is 0 Å². The fourth-order valence-corrected chi connectivity index (χ4v) is 2.61. The number of nitrogens with one attached hydrogen (secondary N) is 1. The van der Waals surface area contributed by atoms with Gasteiger partial charge in [-0.2, -0.15) is 0 Å².